The number of rotatable bonds is 2. The lowest BCUT2D eigenvalue weighted by atomic mass is 10.1. The van der Waals surface area contributed by atoms with Crippen LogP contribution in [0.5, 0.6) is 0 Å². The van der Waals surface area contributed by atoms with Gasteiger partial charge < -0.3 is 4.42 Å². The van der Waals surface area contributed by atoms with Crippen LogP contribution < -0.4 is 0 Å². The van der Waals surface area contributed by atoms with Gasteiger partial charge >= 0.3 is 0 Å². The molecule has 3 aromatic rings. The van der Waals surface area contributed by atoms with E-state index in [9.17, 15) is 0 Å². The molecule has 2 aromatic carbocycles. The molecule has 0 aliphatic carbocycles. The number of hydrogen-bond donors (Lipinski definition) is 0. The van der Waals surface area contributed by atoms with E-state index in [2.05, 4.69) is 24.0 Å². The van der Waals surface area contributed by atoms with Crippen LogP contribution in [0.1, 0.15) is 17.0 Å². The standard InChI is InChI=1S/C15H13NO/c1-11-6-2-3-7-12(11)10-15-16-13-8-4-5-9-14(13)17-15/h2-9H,10H2,1H3. The molecule has 0 radical (unpaired) electrons. The smallest absolute Gasteiger partial charge is 0.199 e. The average Bonchev–Trinajstić information content (AvgIpc) is 2.74. The summed E-state index contributed by atoms with van der Waals surface area (Å²) in [5.41, 5.74) is 4.32. The molecule has 0 aliphatic rings. The van der Waals surface area contributed by atoms with Crippen molar-refractivity contribution < 1.29 is 4.42 Å². The Balaban J connectivity index is 1.98. The van der Waals surface area contributed by atoms with E-state index in [-0.39, 0.29) is 0 Å². The topological polar surface area (TPSA) is 26.0 Å². The second-order valence-electron chi connectivity index (χ2n) is 4.18. The summed E-state index contributed by atoms with van der Waals surface area (Å²) in [5.74, 6) is 0.778. The van der Waals surface area contributed by atoms with Gasteiger partial charge in [-0.25, -0.2) is 4.98 Å². The van der Waals surface area contributed by atoms with Crippen molar-refractivity contribution >= 4 is 11.1 Å². The van der Waals surface area contributed by atoms with Crippen molar-refractivity contribution in [1.29, 1.82) is 0 Å². The van der Waals surface area contributed by atoms with Crippen LogP contribution in [-0.2, 0) is 6.42 Å². The summed E-state index contributed by atoms with van der Waals surface area (Å²) in [5, 5.41) is 0. The van der Waals surface area contributed by atoms with Gasteiger partial charge in [0.1, 0.15) is 5.52 Å². The lowest BCUT2D eigenvalue weighted by Gasteiger charge is -2.01. The molecule has 0 aliphatic heterocycles. The average molecular weight is 223 g/mol. The van der Waals surface area contributed by atoms with Crippen molar-refractivity contribution in [3.63, 3.8) is 0 Å². The molecule has 0 N–H and O–H groups in total. The Morgan fingerprint density at radius 3 is 2.59 bits per heavy atom. The number of aryl methyl sites for hydroxylation is 1. The zero-order chi connectivity index (χ0) is 11.7. The maximum absolute atomic E-state index is 5.72. The lowest BCUT2D eigenvalue weighted by Crippen LogP contribution is -1.90. The molecule has 2 nitrogen and oxygen atoms in total. The summed E-state index contributed by atoms with van der Waals surface area (Å²) >= 11 is 0. The molecule has 3 rings (SSSR count). The maximum atomic E-state index is 5.72. The van der Waals surface area contributed by atoms with Crippen LogP contribution >= 0.6 is 0 Å². The number of hydrogen-bond acceptors (Lipinski definition) is 2. The van der Waals surface area contributed by atoms with Gasteiger partial charge in [-0.2, -0.15) is 0 Å². The highest BCUT2D eigenvalue weighted by Crippen LogP contribution is 2.18. The van der Waals surface area contributed by atoms with Crippen LogP contribution in [0.4, 0.5) is 0 Å². The number of oxazole rings is 1. The first-order valence-electron chi connectivity index (χ1n) is 5.72. The summed E-state index contributed by atoms with van der Waals surface area (Å²) in [6.45, 7) is 2.11. The number of aromatic nitrogens is 1. The van der Waals surface area contributed by atoms with Gasteiger partial charge in [-0.3, -0.25) is 0 Å². The molecule has 0 saturated carbocycles. The molecule has 0 bridgehead atoms. The van der Waals surface area contributed by atoms with Gasteiger partial charge in [0, 0.05) is 6.42 Å². The highest BCUT2D eigenvalue weighted by Gasteiger charge is 2.06. The molecule has 0 saturated heterocycles. The minimum atomic E-state index is 0.751. The summed E-state index contributed by atoms with van der Waals surface area (Å²) in [7, 11) is 0. The first-order chi connectivity index (χ1) is 8.33. The minimum absolute atomic E-state index is 0.751. The van der Waals surface area contributed by atoms with E-state index in [0.717, 1.165) is 23.4 Å². The van der Waals surface area contributed by atoms with Gasteiger partial charge in [0.2, 0.25) is 0 Å². The van der Waals surface area contributed by atoms with Crippen LogP contribution in [-0.4, -0.2) is 4.98 Å². The predicted molar refractivity (Wildman–Crippen MR) is 68.0 cm³/mol. The first-order valence-corrected chi connectivity index (χ1v) is 5.72. The molecule has 2 heteroatoms. The van der Waals surface area contributed by atoms with Gasteiger partial charge in [-0.05, 0) is 30.2 Å². The Morgan fingerprint density at radius 1 is 1.00 bits per heavy atom. The summed E-state index contributed by atoms with van der Waals surface area (Å²) in [4.78, 5) is 4.48. The van der Waals surface area contributed by atoms with E-state index < -0.39 is 0 Å². The van der Waals surface area contributed by atoms with Gasteiger partial charge in [-0.1, -0.05) is 36.4 Å². The highest BCUT2D eigenvalue weighted by molar-refractivity contribution is 5.72. The zero-order valence-corrected chi connectivity index (χ0v) is 9.68. The van der Waals surface area contributed by atoms with Crippen molar-refractivity contribution in [3.05, 3.63) is 65.5 Å². The Morgan fingerprint density at radius 2 is 1.76 bits per heavy atom. The lowest BCUT2D eigenvalue weighted by molar-refractivity contribution is 0.543. The zero-order valence-electron chi connectivity index (χ0n) is 9.68. The van der Waals surface area contributed by atoms with Crippen LogP contribution in [0.2, 0.25) is 0 Å². The molecule has 0 fully saturated rings. The van der Waals surface area contributed by atoms with Crippen molar-refractivity contribution in [2.45, 2.75) is 13.3 Å². The third-order valence-electron chi connectivity index (χ3n) is 2.94. The second kappa shape index (κ2) is 4.06. The third kappa shape index (κ3) is 1.94. The quantitative estimate of drug-likeness (QED) is 0.661. The predicted octanol–water partition coefficient (Wildman–Crippen LogP) is 3.73. The van der Waals surface area contributed by atoms with E-state index in [1.807, 2.05) is 36.4 Å². The minimum Gasteiger partial charge on any atom is -0.440 e. The summed E-state index contributed by atoms with van der Waals surface area (Å²) in [6, 6.07) is 16.2. The Labute approximate surface area is 99.9 Å². The molecule has 0 atom stereocenters. The van der Waals surface area contributed by atoms with Crippen LogP contribution in [0.3, 0.4) is 0 Å². The molecule has 0 amide bonds. The van der Waals surface area contributed by atoms with Gasteiger partial charge in [0.05, 0.1) is 0 Å². The Hall–Kier alpha value is -2.09. The number of fused-ring (bicyclic) bond motifs is 1. The van der Waals surface area contributed by atoms with E-state index in [4.69, 9.17) is 4.42 Å². The fraction of sp³-hybridized carbons (Fsp3) is 0.133. The van der Waals surface area contributed by atoms with Crippen LogP contribution in [0, 0.1) is 6.92 Å². The van der Waals surface area contributed by atoms with Crippen molar-refractivity contribution in [2.24, 2.45) is 0 Å². The molecule has 0 unspecified atom stereocenters. The summed E-state index contributed by atoms with van der Waals surface area (Å²) < 4.78 is 5.72. The second-order valence-corrected chi connectivity index (χ2v) is 4.18. The third-order valence-corrected chi connectivity index (χ3v) is 2.94. The summed E-state index contributed by atoms with van der Waals surface area (Å²) in [6.07, 6.45) is 0.751. The molecule has 84 valence electrons. The molecule has 1 aromatic heterocycles. The van der Waals surface area contributed by atoms with Crippen LogP contribution in [0.25, 0.3) is 11.1 Å². The molecule has 1 heterocycles. The fourth-order valence-corrected chi connectivity index (χ4v) is 1.97. The van der Waals surface area contributed by atoms with Gasteiger partial charge in [0.15, 0.2) is 11.5 Å². The first kappa shape index (κ1) is 10.1. The monoisotopic (exact) mass is 223 g/mol. The number of benzene rings is 2. The molecular weight excluding hydrogens is 210 g/mol. The number of para-hydroxylation sites is 2. The normalized spacial score (nSPS) is 10.9. The Kier molecular flexibility index (Phi) is 2.41. The van der Waals surface area contributed by atoms with Crippen molar-refractivity contribution in [1.82, 2.24) is 4.98 Å². The molecular formula is C15H13NO. The van der Waals surface area contributed by atoms with Crippen molar-refractivity contribution in [3.8, 4) is 0 Å². The number of nitrogens with zero attached hydrogens (tertiary/aromatic N) is 1. The highest BCUT2D eigenvalue weighted by atomic mass is 16.3. The van der Waals surface area contributed by atoms with Gasteiger partial charge in [-0.15, -0.1) is 0 Å². The fourth-order valence-electron chi connectivity index (χ4n) is 1.97. The van der Waals surface area contributed by atoms with Crippen molar-refractivity contribution in [2.75, 3.05) is 0 Å². The van der Waals surface area contributed by atoms with Gasteiger partial charge in [0.25, 0.3) is 0 Å². The van der Waals surface area contributed by atoms with E-state index >= 15 is 0 Å². The largest absolute Gasteiger partial charge is 0.440 e. The van der Waals surface area contributed by atoms with E-state index in [1.54, 1.807) is 0 Å². The molecule has 0 spiro atoms. The molecule has 17 heavy (non-hydrogen) atoms. The van der Waals surface area contributed by atoms with E-state index in [1.165, 1.54) is 11.1 Å². The Bertz CT molecular complexity index is 622. The van der Waals surface area contributed by atoms with Crippen LogP contribution in [0.15, 0.2) is 52.9 Å². The maximum Gasteiger partial charge on any atom is 0.199 e. The van der Waals surface area contributed by atoms with E-state index in [0.29, 0.717) is 0 Å². The SMILES string of the molecule is Cc1ccccc1Cc1nc2ccccc2o1.